The predicted octanol–water partition coefficient (Wildman–Crippen LogP) is 3.15. The average molecular weight is 322 g/mol. The first kappa shape index (κ1) is 14.6. The van der Waals surface area contributed by atoms with Crippen LogP contribution < -0.4 is 10.3 Å². The van der Waals surface area contributed by atoms with Crippen molar-refractivity contribution in [3.05, 3.63) is 75.8 Å². The van der Waals surface area contributed by atoms with Gasteiger partial charge in [-0.2, -0.15) is 9.78 Å². The molecule has 4 nitrogen and oxygen atoms in total. The Labute approximate surface area is 138 Å². The molecule has 2 aromatic carbocycles. The number of nitrogens with zero attached hydrogens (tertiary/aromatic N) is 2. The summed E-state index contributed by atoms with van der Waals surface area (Å²) in [4.78, 5) is 12.4. The summed E-state index contributed by atoms with van der Waals surface area (Å²) in [5.41, 5.74) is 3.80. The molecule has 0 saturated carbocycles. The zero-order valence-electron chi connectivity index (χ0n) is 13.1. The van der Waals surface area contributed by atoms with Gasteiger partial charge in [-0.25, -0.2) is 4.39 Å². The molecule has 0 saturated heterocycles. The van der Waals surface area contributed by atoms with E-state index < -0.39 is 0 Å². The van der Waals surface area contributed by atoms with Crippen molar-refractivity contribution < 1.29 is 9.13 Å². The fraction of sp³-hybridized carbons (Fsp3) is 0.158. The highest BCUT2D eigenvalue weighted by Gasteiger charge is 2.20. The maximum atomic E-state index is 13.7. The van der Waals surface area contributed by atoms with Crippen LogP contribution in [0.4, 0.5) is 4.39 Å². The van der Waals surface area contributed by atoms with Gasteiger partial charge in [0.15, 0.2) is 0 Å². The van der Waals surface area contributed by atoms with E-state index in [1.165, 1.54) is 16.8 Å². The Morgan fingerprint density at radius 2 is 1.79 bits per heavy atom. The van der Waals surface area contributed by atoms with Crippen LogP contribution in [0.15, 0.2) is 53.3 Å². The molecule has 0 bridgehead atoms. The minimum Gasteiger partial charge on any atom is -0.497 e. The van der Waals surface area contributed by atoms with E-state index >= 15 is 0 Å². The first-order chi connectivity index (χ1) is 11.7. The third-order valence-electron chi connectivity index (χ3n) is 4.32. The lowest BCUT2D eigenvalue weighted by Gasteiger charge is -2.19. The Balaban J connectivity index is 1.89. The van der Waals surface area contributed by atoms with E-state index in [4.69, 9.17) is 4.74 Å². The molecule has 0 amide bonds. The largest absolute Gasteiger partial charge is 0.497 e. The summed E-state index contributed by atoms with van der Waals surface area (Å²) in [5, 5.41) is 4.52. The van der Waals surface area contributed by atoms with Crippen molar-refractivity contribution in [1.82, 2.24) is 9.78 Å². The van der Waals surface area contributed by atoms with Gasteiger partial charge in [-0.1, -0.05) is 6.07 Å². The second kappa shape index (κ2) is 5.60. The van der Waals surface area contributed by atoms with Crippen molar-refractivity contribution in [3.63, 3.8) is 0 Å². The normalized spacial score (nSPS) is 12.4. The van der Waals surface area contributed by atoms with Crippen molar-refractivity contribution in [2.24, 2.45) is 0 Å². The van der Waals surface area contributed by atoms with Crippen molar-refractivity contribution in [2.45, 2.75) is 12.8 Å². The molecule has 5 heteroatoms. The molecule has 0 atom stereocenters. The van der Waals surface area contributed by atoms with E-state index in [2.05, 4.69) is 5.10 Å². The molecule has 1 aliphatic carbocycles. The van der Waals surface area contributed by atoms with Crippen molar-refractivity contribution in [3.8, 4) is 22.7 Å². The molecule has 1 heterocycles. The lowest BCUT2D eigenvalue weighted by atomic mass is 9.89. The molecule has 0 radical (unpaired) electrons. The number of hydrogen-bond donors (Lipinski definition) is 0. The van der Waals surface area contributed by atoms with Crippen molar-refractivity contribution in [2.75, 3.05) is 7.11 Å². The first-order valence-corrected chi connectivity index (χ1v) is 7.72. The van der Waals surface area contributed by atoms with Crippen LogP contribution in [-0.2, 0) is 12.8 Å². The topological polar surface area (TPSA) is 44.1 Å². The van der Waals surface area contributed by atoms with Gasteiger partial charge in [0.2, 0.25) is 0 Å². The molecule has 0 aliphatic heterocycles. The summed E-state index contributed by atoms with van der Waals surface area (Å²) in [5.74, 6) is 0.405. The number of hydrogen-bond acceptors (Lipinski definition) is 3. The van der Waals surface area contributed by atoms with E-state index in [0.717, 1.165) is 29.5 Å². The minimum absolute atomic E-state index is 0.196. The highest BCUT2D eigenvalue weighted by molar-refractivity contribution is 5.69. The van der Waals surface area contributed by atoms with Gasteiger partial charge in [0.25, 0.3) is 5.56 Å². The molecular formula is C19H15FN2O2. The second-order valence-corrected chi connectivity index (χ2v) is 5.77. The molecule has 1 aliphatic rings. The number of halogens is 1. The maximum absolute atomic E-state index is 13.7. The standard InChI is InChI=1S/C19H15FN2O2/c1-24-16-8-6-15(7-9-16)22-18(23)10-13-3-2-12-4-5-14(20)11-17(12)19(13)21-22/h4-11H,2-3H2,1H3. The fourth-order valence-corrected chi connectivity index (χ4v) is 3.07. The summed E-state index contributed by atoms with van der Waals surface area (Å²) in [6.07, 6.45) is 1.52. The Bertz CT molecular complexity index is 978. The number of ether oxygens (including phenoxy) is 1. The molecule has 1 aromatic heterocycles. The third kappa shape index (κ3) is 2.38. The number of rotatable bonds is 2. The van der Waals surface area contributed by atoms with Crippen LogP contribution in [0.2, 0.25) is 0 Å². The SMILES string of the molecule is COc1ccc(-n2nc3c(cc2=O)CCc2ccc(F)cc2-3)cc1. The Morgan fingerprint density at radius 3 is 2.54 bits per heavy atom. The van der Waals surface area contributed by atoms with E-state index in [1.807, 2.05) is 0 Å². The van der Waals surface area contributed by atoms with Crippen LogP contribution in [0.3, 0.4) is 0 Å². The number of aromatic nitrogens is 2. The third-order valence-corrected chi connectivity index (χ3v) is 4.32. The average Bonchev–Trinajstić information content (AvgIpc) is 2.61. The molecule has 4 rings (SSSR count). The summed E-state index contributed by atoms with van der Waals surface area (Å²) >= 11 is 0. The molecule has 0 fully saturated rings. The van der Waals surface area contributed by atoms with Crippen LogP contribution in [0.25, 0.3) is 16.9 Å². The molecular weight excluding hydrogens is 307 g/mol. The van der Waals surface area contributed by atoms with Crippen LogP contribution in [0.1, 0.15) is 11.1 Å². The number of methoxy groups -OCH3 is 1. The van der Waals surface area contributed by atoms with Gasteiger partial charge in [0.1, 0.15) is 11.6 Å². The minimum atomic E-state index is -0.300. The number of aryl methyl sites for hydroxylation is 2. The predicted molar refractivity (Wildman–Crippen MR) is 89.2 cm³/mol. The summed E-state index contributed by atoms with van der Waals surface area (Å²) in [6.45, 7) is 0. The van der Waals surface area contributed by atoms with E-state index in [-0.39, 0.29) is 11.4 Å². The van der Waals surface area contributed by atoms with Crippen LogP contribution in [-0.4, -0.2) is 16.9 Å². The first-order valence-electron chi connectivity index (χ1n) is 7.72. The Hall–Kier alpha value is -2.95. The highest BCUT2D eigenvalue weighted by atomic mass is 19.1. The lowest BCUT2D eigenvalue weighted by Crippen LogP contribution is -2.24. The quantitative estimate of drug-likeness (QED) is 0.728. The number of benzene rings is 2. The zero-order valence-corrected chi connectivity index (χ0v) is 13.1. The van der Waals surface area contributed by atoms with Gasteiger partial charge < -0.3 is 4.74 Å². The smallest absolute Gasteiger partial charge is 0.271 e. The molecule has 0 N–H and O–H groups in total. The van der Waals surface area contributed by atoms with Crippen molar-refractivity contribution >= 4 is 0 Å². The molecule has 0 spiro atoms. The summed E-state index contributed by atoms with van der Waals surface area (Å²) < 4.78 is 20.1. The van der Waals surface area contributed by atoms with Gasteiger partial charge in [-0.15, -0.1) is 0 Å². The van der Waals surface area contributed by atoms with Crippen LogP contribution in [0, 0.1) is 5.82 Å². The van der Waals surface area contributed by atoms with Gasteiger partial charge in [-0.3, -0.25) is 4.79 Å². The highest BCUT2D eigenvalue weighted by Crippen LogP contribution is 2.31. The fourth-order valence-electron chi connectivity index (χ4n) is 3.07. The lowest BCUT2D eigenvalue weighted by molar-refractivity contribution is 0.414. The maximum Gasteiger partial charge on any atom is 0.271 e. The Kier molecular flexibility index (Phi) is 3.41. The van der Waals surface area contributed by atoms with E-state index in [9.17, 15) is 9.18 Å². The van der Waals surface area contributed by atoms with E-state index in [0.29, 0.717) is 17.1 Å². The molecule has 0 unspecified atom stereocenters. The van der Waals surface area contributed by atoms with E-state index in [1.54, 1.807) is 43.5 Å². The van der Waals surface area contributed by atoms with Crippen molar-refractivity contribution in [1.29, 1.82) is 0 Å². The van der Waals surface area contributed by atoms with Crippen LogP contribution in [0.5, 0.6) is 5.75 Å². The molecule has 120 valence electrons. The summed E-state index contributed by atoms with van der Waals surface area (Å²) in [7, 11) is 1.59. The zero-order chi connectivity index (χ0) is 16.7. The second-order valence-electron chi connectivity index (χ2n) is 5.77. The van der Waals surface area contributed by atoms with Gasteiger partial charge in [-0.05, 0) is 60.4 Å². The summed E-state index contributed by atoms with van der Waals surface area (Å²) in [6, 6.07) is 13.4. The molecule has 3 aromatic rings. The number of fused-ring (bicyclic) bond motifs is 3. The van der Waals surface area contributed by atoms with Gasteiger partial charge in [0, 0.05) is 11.6 Å². The Morgan fingerprint density at radius 1 is 1.04 bits per heavy atom. The molecule has 24 heavy (non-hydrogen) atoms. The monoisotopic (exact) mass is 322 g/mol. The van der Waals surface area contributed by atoms with Crippen LogP contribution >= 0.6 is 0 Å². The van der Waals surface area contributed by atoms with Gasteiger partial charge >= 0.3 is 0 Å². The van der Waals surface area contributed by atoms with Gasteiger partial charge in [0.05, 0.1) is 18.5 Å².